The van der Waals surface area contributed by atoms with E-state index in [1.54, 1.807) is 0 Å². The van der Waals surface area contributed by atoms with Gasteiger partial charge in [0, 0.05) is 0 Å². The summed E-state index contributed by atoms with van der Waals surface area (Å²) in [7, 11) is -2.30. The normalized spacial score (nSPS) is 28.6. The first-order chi connectivity index (χ1) is 9.82. The Balaban J connectivity index is 1.79. The monoisotopic (exact) mass is 293 g/mol. The molecule has 20 heavy (non-hydrogen) atoms. The van der Waals surface area contributed by atoms with Crippen LogP contribution >= 0.6 is 0 Å². The summed E-state index contributed by atoms with van der Waals surface area (Å²) in [4.78, 5) is 14.3. The predicted octanol–water partition coefficient (Wildman–Crippen LogP) is 6.37. The molecule has 1 nitrogen and oxygen atoms in total. The maximum Gasteiger partial charge on any atom is 0.246 e. The van der Waals surface area contributed by atoms with E-state index in [2.05, 4.69) is 0 Å². The Labute approximate surface area is 126 Å². The first kappa shape index (κ1) is 15.1. The van der Waals surface area contributed by atoms with Gasteiger partial charge in [0.15, 0.2) is 0 Å². The lowest BCUT2D eigenvalue weighted by Gasteiger charge is -2.47. The van der Waals surface area contributed by atoms with Gasteiger partial charge in [-0.05, 0) is 16.6 Å². The fraction of sp³-hybridized carbons (Fsp3) is 1.00. The Bertz CT molecular complexity index is 240. The molecular weight excluding hydrogens is 260 g/mol. The predicted molar refractivity (Wildman–Crippen MR) is 86.9 cm³/mol. The van der Waals surface area contributed by atoms with Crippen molar-refractivity contribution in [1.29, 1.82) is 0 Å². The van der Waals surface area contributed by atoms with E-state index in [9.17, 15) is 4.80 Å². The second-order valence-corrected chi connectivity index (χ2v) is 12.0. The molecular formula is C18H33OSi. The molecule has 0 bridgehead atoms. The molecule has 3 saturated carbocycles. The summed E-state index contributed by atoms with van der Waals surface area (Å²) in [6.07, 6.45) is 20.2. The molecule has 0 atom stereocenters. The van der Waals surface area contributed by atoms with Crippen molar-refractivity contribution in [2.45, 2.75) is 113 Å². The lowest BCUT2D eigenvalue weighted by atomic mass is 9.98. The van der Waals surface area contributed by atoms with Gasteiger partial charge in [0.2, 0.25) is 8.32 Å². The molecule has 115 valence electrons. The van der Waals surface area contributed by atoms with E-state index in [1.807, 2.05) is 0 Å². The van der Waals surface area contributed by atoms with Crippen molar-refractivity contribution < 1.29 is 4.80 Å². The summed E-state index contributed by atoms with van der Waals surface area (Å²) < 4.78 is 0. The Morgan fingerprint density at radius 1 is 0.450 bits per heavy atom. The largest absolute Gasteiger partial charge is 0.296 e. The zero-order valence-electron chi connectivity index (χ0n) is 13.2. The minimum Gasteiger partial charge on any atom is -0.296 e. The molecule has 0 aromatic rings. The van der Waals surface area contributed by atoms with Gasteiger partial charge in [-0.2, -0.15) is 0 Å². The van der Waals surface area contributed by atoms with Crippen LogP contribution in [-0.4, -0.2) is 8.32 Å². The van der Waals surface area contributed by atoms with Crippen molar-refractivity contribution in [2.75, 3.05) is 0 Å². The molecule has 0 unspecified atom stereocenters. The Morgan fingerprint density at radius 2 is 0.700 bits per heavy atom. The van der Waals surface area contributed by atoms with Crippen LogP contribution in [0.15, 0.2) is 0 Å². The summed E-state index contributed by atoms with van der Waals surface area (Å²) in [6, 6.07) is 0. The molecule has 1 radical (unpaired) electrons. The highest BCUT2D eigenvalue weighted by atomic mass is 28.4. The third kappa shape index (κ3) is 3.01. The van der Waals surface area contributed by atoms with Gasteiger partial charge in [-0.15, -0.1) is 0 Å². The summed E-state index contributed by atoms with van der Waals surface area (Å²) >= 11 is 0. The SMILES string of the molecule is [O][Si](C1CCCCC1)(C1CCCCC1)C1CCCCC1. The Morgan fingerprint density at radius 3 is 0.950 bits per heavy atom. The zero-order chi connectivity index (χ0) is 13.8. The highest BCUT2D eigenvalue weighted by Crippen LogP contribution is 2.55. The fourth-order valence-electron chi connectivity index (χ4n) is 5.66. The molecule has 0 amide bonds. The van der Waals surface area contributed by atoms with Gasteiger partial charge >= 0.3 is 0 Å². The molecule has 3 aliphatic rings. The third-order valence-electron chi connectivity index (χ3n) is 6.73. The fourth-order valence-corrected chi connectivity index (χ4v) is 11.6. The van der Waals surface area contributed by atoms with E-state index in [0.717, 1.165) is 0 Å². The van der Waals surface area contributed by atoms with Crippen molar-refractivity contribution in [2.24, 2.45) is 0 Å². The van der Waals surface area contributed by atoms with E-state index < -0.39 is 8.32 Å². The number of rotatable bonds is 3. The lowest BCUT2D eigenvalue weighted by Crippen LogP contribution is -2.50. The zero-order valence-corrected chi connectivity index (χ0v) is 14.2. The van der Waals surface area contributed by atoms with Crippen molar-refractivity contribution >= 4 is 8.32 Å². The van der Waals surface area contributed by atoms with Gasteiger partial charge in [-0.25, -0.2) is 0 Å². The Hall–Kier alpha value is 0.177. The van der Waals surface area contributed by atoms with Crippen molar-refractivity contribution in [3.8, 4) is 0 Å². The molecule has 3 rings (SSSR count). The maximum absolute atomic E-state index is 14.3. The van der Waals surface area contributed by atoms with Crippen LogP contribution in [0.5, 0.6) is 0 Å². The van der Waals surface area contributed by atoms with Crippen molar-refractivity contribution in [3.05, 3.63) is 0 Å². The molecule has 0 aromatic carbocycles. The average Bonchev–Trinajstić information content (AvgIpc) is 2.56. The maximum atomic E-state index is 14.3. The van der Waals surface area contributed by atoms with Crippen LogP contribution in [0.4, 0.5) is 0 Å². The minimum absolute atomic E-state index is 0.655. The summed E-state index contributed by atoms with van der Waals surface area (Å²) in [5.74, 6) is 0. The van der Waals surface area contributed by atoms with Gasteiger partial charge in [-0.1, -0.05) is 96.3 Å². The van der Waals surface area contributed by atoms with E-state index in [1.165, 1.54) is 96.3 Å². The topological polar surface area (TPSA) is 19.9 Å². The van der Waals surface area contributed by atoms with E-state index in [0.29, 0.717) is 16.6 Å². The van der Waals surface area contributed by atoms with Gasteiger partial charge in [0.05, 0.1) is 0 Å². The van der Waals surface area contributed by atoms with Crippen LogP contribution in [0, 0.1) is 0 Å². The highest BCUT2D eigenvalue weighted by Gasteiger charge is 2.54. The Kier molecular flexibility index (Phi) is 5.25. The minimum atomic E-state index is -2.30. The molecule has 0 saturated heterocycles. The highest BCUT2D eigenvalue weighted by molar-refractivity contribution is 6.76. The molecule has 0 aliphatic heterocycles. The molecule has 0 aromatic heterocycles. The summed E-state index contributed by atoms with van der Waals surface area (Å²) in [6.45, 7) is 0. The van der Waals surface area contributed by atoms with Gasteiger partial charge in [-0.3, -0.25) is 4.80 Å². The van der Waals surface area contributed by atoms with E-state index in [4.69, 9.17) is 0 Å². The standard InChI is InChI=1S/C18H33OSi/c19-20(16-10-4-1-5-11-16,17-12-6-2-7-13-17)18-14-8-3-9-15-18/h16-18H,1-15H2. The quantitative estimate of drug-likeness (QED) is 0.539. The lowest BCUT2D eigenvalue weighted by molar-refractivity contribution is 0.292. The van der Waals surface area contributed by atoms with E-state index >= 15 is 0 Å². The van der Waals surface area contributed by atoms with Crippen LogP contribution in [0.2, 0.25) is 16.6 Å². The average molecular weight is 294 g/mol. The van der Waals surface area contributed by atoms with Crippen LogP contribution in [0.1, 0.15) is 96.3 Å². The molecule has 0 N–H and O–H groups in total. The van der Waals surface area contributed by atoms with Crippen LogP contribution in [0.3, 0.4) is 0 Å². The molecule has 3 fully saturated rings. The van der Waals surface area contributed by atoms with Gasteiger partial charge < -0.3 is 0 Å². The smallest absolute Gasteiger partial charge is 0.246 e. The number of hydrogen-bond donors (Lipinski definition) is 0. The first-order valence-electron chi connectivity index (χ1n) is 9.52. The molecule has 3 aliphatic carbocycles. The molecule has 0 spiro atoms. The second-order valence-electron chi connectivity index (χ2n) is 7.86. The third-order valence-corrected chi connectivity index (χ3v) is 12.3. The second kappa shape index (κ2) is 6.96. The van der Waals surface area contributed by atoms with Crippen LogP contribution in [0.25, 0.3) is 0 Å². The molecule has 2 heteroatoms. The van der Waals surface area contributed by atoms with Gasteiger partial charge in [0.1, 0.15) is 0 Å². The number of hydrogen-bond acceptors (Lipinski definition) is 0. The van der Waals surface area contributed by atoms with Crippen LogP contribution in [-0.2, 0) is 4.80 Å². The first-order valence-corrected chi connectivity index (χ1v) is 11.7. The van der Waals surface area contributed by atoms with Crippen molar-refractivity contribution in [1.82, 2.24) is 0 Å². The van der Waals surface area contributed by atoms with Gasteiger partial charge in [0.25, 0.3) is 0 Å². The molecule has 0 heterocycles. The summed E-state index contributed by atoms with van der Waals surface area (Å²) in [5.41, 5.74) is 1.97. The van der Waals surface area contributed by atoms with Crippen molar-refractivity contribution in [3.63, 3.8) is 0 Å². The van der Waals surface area contributed by atoms with Crippen LogP contribution < -0.4 is 0 Å². The van der Waals surface area contributed by atoms with E-state index in [-0.39, 0.29) is 0 Å². The summed E-state index contributed by atoms with van der Waals surface area (Å²) in [5, 5.41) is 0.